The Morgan fingerprint density at radius 3 is 2.69 bits per heavy atom. The lowest BCUT2D eigenvalue weighted by atomic mass is 9.89. The molecule has 5 nitrogen and oxygen atoms in total. The lowest BCUT2D eigenvalue weighted by molar-refractivity contribution is 0.174. The molecule has 0 saturated carbocycles. The molecule has 3 aromatic carbocycles. The van der Waals surface area contributed by atoms with Crippen molar-refractivity contribution < 1.29 is 18.9 Å². The van der Waals surface area contributed by atoms with Crippen LogP contribution in [0.1, 0.15) is 28.3 Å². The average molecular weight is 389 g/mol. The van der Waals surface area contributed by atoms with E-state index in [0.29, 0.717) is 6.61 Å². The van der Waals surface area contributed by atoms with Gasteiger partial charge in [-0.15, -0.1) is 0 Å². The van der Waals surface area contributed by atoms with Gasteiger partial charge in [0.2, 0.25) is 6.79 Å². The van der Waals surface area contributed by atoms with Crippen LogP contribution >= 0.6 is 0 Å². The molecule has 0 saturated heterocycles. The second-order valence-corrected chi connectivity index (χ2v) is 7.23. The van der Waals surface area contributed by atoms with Crippen molar-refractivity contribution in [2.75, 3.05) is 20.4 Å². The molecule has 1 atom stereocenters. The van der Waals surface area contributed by atoms with Crippen LogP contribution in [-0.4, -0.2) is 20.4 Å². The number of benzene rings is 3. The number of rotatable bonds is 5. The first kappa shape index (κ1) is 17.9. The fourth-order valence-corrected chi connectivity index (χ4v) is 3.96. The largest absolute Gasteiger partial charge is 0.493 e. The highest BCUT2D eigenvalue weighted by Crippen LogP contribution is 2.40. The van der Waals surface area contributed by atoms with Crippen molar-refractivity contribution >= 4 is 0 Å². The molecule has 0 radical (unpaired) electrons. The van der Waals surface area contributed by atoms with Gasteiger partial charge in [0.1, 0.15) is 6.61 Å². The number of hydrogen-bond donors (Lipinski definition) is 1. The molecule has 0 aliphatic carbocycles. The molecule has 0 spiro atoms. The highest BCUT2D eigenvalue weighted by molar-refractivity contribution is 5.53. The molecule has 3 aromatic rings. The molecule has 5 rings (SSSR count). The van der Waals surface area contributed by atoms with E-state index in [-0.39, 0.29) is 12.8 Å². The Kier molecular flexibility index (Phi) is 4.74. The van der Waals surface area contributed by atoms with E-state index in [0.717, 1.165) is 47.1 Å². The quantitative estimate of drug-likeness (QED) is 0.707. The van der Waals surface area contributed by atoms with Crippen molar-refractivity contribution in [3.05, 3.63) is 82.9 Å². The van der Waals surface area contributed by atoms with E-state index in [4.69, 9.17) is 18.9 Å². The summed E-state index contributed by atoms with van der Waals surface area (Å²) in [6, 6.07) is 20.6. The molecule has 0 fully saturated rings. The Bertz CT molecular complexity index is 1020. The van der Waals surface area contributed by atoms with Gasteiger partial charge in [0.15, 0.2) is 23.0 Å². The van der Waals surface area contributed by atoms with Crippen molar-refractivity contribution in [2.45, 2.75) is 19.1 Å². The Balaban J connectivity index is 1.48. The third-order valence-corrected chi connectivity index (χ3v) is 5.45. The second-order valence-electron chi connectivity index (χ2n) is 7.23. The van der Waals surface area contributed by atoms with E-state index in [1.807, 2.05) is 24.3 Å². The van der Waals surface area contributed by atoms with Gasteiger partial charge < -0.3 is 24.3 Å². The van der Waals surface area contributed by atoms with Gasteiger partial charge in [0, 0.05) is 6.54 Å². The maximum absolute atomic E-state index is 6.14. The summed E-state index contributed by atoms with van der Waals surface area (Å²) < 4.78 is 22.8. The van der Waals surface area contributed by atoms with Gasteiger partial charge in [0.05, 0.1) is 13.2 Å². The summed E-state index contributed by atoms with van der Waals surface area (Å²) in [5.74, 6) is 3.12. The fourth-order valence-electron chi connectivity index (χ4n) is 3.96. The van der Waals surface area contributed by atoms with Gasteiger partial charge >= 0.3 is 0 Å². The van der Waals surface area contributed by atoms with E-state index in [9.17, 15) is 0 Å². The predicted molar refractivity (Wildman–Crippen MR) is 110 cm³/mol. The number of fused-ring (bicyclic) bond motifs is 2. The summed E-state index contributed by atoms with van der Waals surface area (Å²) in [7, 11) is 1.69. The molecule has 2 aliphatic heterocycles. The van der Waals surface area contributed by atoms with Gasteiger partial charge in [-0.3, -0.25) is 0 Å². The maximum Gasteiger partial charge on any atom is 0.231 e. The molecule has 1 N–H and O–H groups in total. The van der Waals surface area contributed by atoms with E-state index >= 15 is 0 Å². The van der Waals surface area contributed by atoms with Crippen molar-refractivity contribution in [2.24, 2.45) is 0 Å². The summed E-state index contributed by atoms with van der Waals surface area (Å²) in [6.07, 6.45) is 0.950. The number of ether oxygens (including phenoxy) is 4. The molecule has 0 aromatic heterocycles. The topological polar surface area (TPSA) is 49.0 Å². The minimum atomic E-state index is 0.0678. The third kappa shape index (κ3) is 3.49. The van der Waals surface area contributed by atoms with Gasteiger partial charge in [0.25, 0.3) is 0 Å². The van der Waals surface area contributed by atoms with Gasteiger partial charge in [-0.25, -0.2) is 0 Å². The van der Waals surface area contributed by atoms with Crippen LogP contribution in [0.5, 0.6) is 23.0 Å². The minimum Gasteiger partial charge on any atom is -0.493 e. The van der Waals surface area contributed by atoms with E-state index in [2.05, 4.69) is 41.7 Å². The van der Waals surface area contributed by atoms with Gasteiger partial charge in [-0.05, 0) is 52.9 Å². The average Bonchev–Trinajstić information content (AvgIpc) is 3.25. The monoisotopic (exact) mass is 389 g/mol. The van der Waals surface area contributed by atoms with Crippen LogP contribution in [0.15, 0.2) is 60.7 Å². The van der Waals surface area contributed by atoms with Crippen LogP contribution in [0.4, 0.5) is 0 Å². The van der Waals surface area contributed by atoms with Gasteiger partial charge in [-0.2, -0.15) is 0 Å². The Morgan fingerprint density at radius 1 is 0.966 bits per heavy atom. The zero-order valence-electron chi connectivity index (χ0n) is 16.3. The Hall–Kier alpha value is -3.18. The maximum atomic E-state index is 6.14. The summed E-state index contributed by atoms with van der Waals surface area (Å²) in [5, 5.41) is 3.63. The van der Waals surface area contributed by atoms with E-state index in [1.165, 1.54) is 11.1 Å². The smallest absolute Gasteiger partial charge is 0.231 e. The SMILES string of the molecule is COc1cc2c(cc1OCc1ccccc1)C(c1ccc3c(c1)OCO3)NCC2. The molecule has 2 heterocycles. The van der Waals surface area contributed by atoms with Crippen LogP contribution < -0.4 is 24.3 Å². The van der Waals surface area contributed by atoms with Gasteiger partial charge in [-0.1, -0.05) is 36.4 Å². The van der Waals surface area contributed by atoms with Crippen LogP contribution in [0, 0.1) is 0 Å². The molecule has 5 heteroatoms. The van der Waals surface area contributed by atoms with Crippen LogP contribution in [0.3, 0.4) is 0 Å². The standard InChI is InChI=1S/C24H23NO4/c1-26-21-11-17-9-10-25-24(18-7-8-20-22(12-18)29-15-28-20)19(17)13-23(21)27-14-16-5-3-2-4-6-16/h2-8,11-13,24-25H,9-10,14-15H2,1H3. The molecule has 2 aliphatic rings. The molecule has 148 valence electrons. The number of hydrogen-bond acceptors (Lipinski definition) is 5. The Morgan fingerprint density at radius 2 is 1.83 bits per heavy atom. The normalized spacial score (nSPS) is 16.9. The lowest BCUT2D eigenvalue weighted by Crippen LogP contribution is -2.30. The molecule has 1 unspecified atom stereocenters. The first-order chi connectivity index (χ1) is 14.3. The predicted octanol–water partition coefficient (Wildman–Crippen LogP) is 4.24. The van der Waals surface area contributed by atoms with Crippen molar-refractivity contribution in [3.8, 4) is 23.0 Å². The summed E-state index contributed by atoms with van der Waals surface area (Å²) in [5.41, 5.74) is 4.75. The fraction of sp³-hybridized carbons (Fsp3) is 0.250. The Labute approximate surface area is 170 Å². The summed E-state index contributed by atoms with van der Waals surface area (Å²) >= 11 is 0. The molecule has 29 heavy (non-hydrogen) atoms. The molecular formula is C24H23NO4. The lowest BCUT2D eigenvalue weighted by Gasteiger charge is -2.29. The zero-order valence-corrected chi connectivity index (χ0v) is 16.3. The van der Waals surface area contributed by atoms with Crippen molar-refractivity contribution in [1.82, 2.24) is 5.32 Å². The molecular weight excluding hydrogens is 366 g/mol. The first-order valence-electron chi connectivity index (χ1n) is 9.82. The van der Waals surface area contributed by atoms with Crippen LogP contribution in [0.25, 0.3) is 0 Å². The third-order valence-electron chi connectivity index (χ3n) is 5.45. The summed E-state index contributed by atoms with van der Waals surface area (Å²) in [4.78, 5) is 0. The second kappa shape index (κ2) is 7.68. The van der Waals surface area contributed by atoms with E-state index < -0.39 is 0 Å². The number of methoxy groups -OCH3 is 1. The summed E-state index contributed by atoms with van der Waals surface area (Å²) in [6.45, 7) is 1.68. The van der Waals surface area contributed by atoms with Crippen LogP contribution in [-0.2, 0) is 13.0 Å². The van der Waals surface area contributed by atoms with Crippen LogP contribution in [0.2, 0.25) is 0 Å². The van der Waals surface area contributed by atoms with E-state index in [1.54, 1.807) is 7.11 Å². The zero-order chi connectivity index (χ0) is 19.6. The minimum absolute atomic E-state index is 0.0678. The highest BCUT2D eigenvalue weighted by atomic mass is 16.7. The molecule has 0 amide bonds. The van der Waals surface area contributed by atoms with Crippen molar-refractivity contribution in [3.63, 3.8) is 0 Å². The number of nitrogens with one attached hydrogen (secondary N) is 1. The van der Waals surface area contributed by atoms with Crippen molar-refractivity contribution in [1.29, 1.82) is 0 Å². The molecule has 0 bridgehead atoms. The highest BCUT2D eigenvalue weighted by Gasteiger charge is 2.26. The first-order valence-corrected chi connectivity index (χ1v) is 9.82.